The number of ether oxygens (including phenoxy) is 1. The Morgan fingerprint density at radius 1 is 1.33 bits per heavy atom. The molecule has 1 aromatic heterocycles. The number of aliphatic carboxylic acids is 1. The lowest BCUT2D eigenvalue weighted by atomic mass is 10.2. The van der Waals surface area contributed by atoms with Crippen molar-refractivity contribution in [3.05, 3.63) is 30.3 Å². The molecule has 0 amide bonds. The Kier molecular flexibility index (Phi) is 3.90. The van der Waals surface area contributed by atoms with Gasteiger partial charge >= 0.3 is 12.0 Å². The molecule has 0 spiro atoms. The molecule has 0 unspecified atom stereocenters. The predicted molar refractivity (Wildman–Crippen MR) is 62.1 cm³/mol. The first-order valence-electron chi connectivity index (χ1n) is 5.49. The van der Waals surface area contributed by atoms with Crippen LogP contribution in [-0.2, 0) is 4.79 Å². The zero-order valence-electron chi connectivity index (χ0n) is 9.57. The van der Waals surface area contributed by atoms with Gasteiger partial charge in [0.2, 0.25) is 0 Å². The summed E-state index contributed by atoms with van der Waals surface area (Å²) in [7, 11) is 0. The van der Waals surface area contributed by atoms with Gasteiger partial charge in [0.05, 0.1) is 6.61 Å². The smallest absolute Gasteiger partial charge is 0.354 e. The molecule has 0 radical (unpaired) electrons. The first-order valence-corrected chi connectivity index (χ1v) is 5.49. The molecule has 18 heavy (non-hydrogen) atoms. The Labute approximate surface area is 103 Å². The van der Waals surface area contributed by atoms with Gasteiger partial charge in [-0.1, -0.05) is 18.2 Å². The Balaban J connectivity index is 1.89. The molecule has 1 N–H and O–H groups in total. The van der Waals surface area contributed by atoms with Crippen LogP contribution in [0.1, 0.15) is 12.8 Å². The van der Waals surface area contributed by atoms with E-state index in [2.05, 4.69) is 10.1 Å². The first-order chi connectivity index (χ1) is 8.75. The Bertz CT molecular complexity index is 510. The number of hydrogen-bond donors (Lipinski definition) is 1. The van der Waals surface area contributed by atoms with E-state index in [-0.39, 0.29) is 19.0 Å². The van der Waals surface area contributed by atoms with Gasteiger partial charge in [-0.25, -0.2) is 0 Å². The maximum Gasteiger partial charge on any atom is 0.354 e. The van der Waals surface area contributed by atoms with Crippen molar-refractivity contribution >= 4 is 5.97 Å². The van der Waals surface area contributed by atoms with Gasteiger partial charge in [0, 0.05) is 12.0 Å². The number of aromatic nitrogens is 2. The third kappa shape index (κ3) is 3.31. The topological polar surface area (TPSA) is 85.5 Å². The Morgan fingerprint density at radius 2 is 2.11 bits per heavy atom. The fourth-order valence-electron chi connectivity index (χ4n) is 1.35. The molecule has 94 valence electrons. The molecule has 0 saturated heterocycles. The van der Waals surface area contributed by atoms with Gasteiger partial charge < -0.3 is 14.4 Å². The summed E-state index contributed by atoms with van der Waals surface area (Å²) in [6.07, 6.45) is 0.466. The van der Waals surface area contributed by atoms with E-state index in [9.17, 15) is 4.79 Å². The molecule has 0 fully saturated rings. The summed E-state index contributed by atoms with van der Waals surface area (Å²) < 4.78 is 10.2. The molecule has 0 aliphatic rings. The van der Waals surface area contributed by atoms with E-state index in [1.54, 1.807) is 0 Å². The SMILES string of the molecule is O=C(O)CCCOc1noc(-c2ccccc2)n1. The van der Waals surface area contributed by atoms with Crippen LogP contribution in [0.3, 0.4) is 0 Å². The van der Waals surface area contributed by atoms with Crippen molar-refractivity contribution < 1.29 is 19.2 Å². The average molecular weight is 248 g/mol. The van der Waals surface area contributed by atoms with Gasteiger partial charge in [-0.2, -0.15) is 4.98 Å². The van der Waals surface area contributed by atoms with Gasteiger partial charge in [-0.15, -0.1) is 0 Å². The van der Waals surface area contributed by atoms with Gasteiger partial charge in [0.15, 0.2) is 0 Å². The molecule has 2 rings (SSSR count). The summed E-state index contributed by atoms with van der Waals surface area (Å²) in [4.78, 5) is 14.3. The van der Waals surface area contributed by atoms with Crippen LogP contribution in [0.5, 0.6) is 6.01 Å². The van der Waals surface area contributed by atoms with Crippen LogP contribution in [-0.4, -0.2) is 27.8 Å². The quantitative estimate of drug-likeness (QED) is 0.787. The van der Waals surface area contributed by atoms with E-state index in [4.69, 9.17) is 14.4 Å². The minimum absolute atomic E-state index is 0.0589. The van der Waals surface area contributed by atoms with Crippen molar-refractivity contribution in [1.82, 2.24) is 10.1 Å². The zero-order chi connectivity index (χ0) is 12.8. The van der Waals surface area contributed by atoms with Gasteiger partial charge in [0.1, 0.15) is 0 Å². The maximum absolute atomic E-state index is 10.3. The molecule has 0 bridgehead atoms. The summed E-state index contributed by atoms with van der Waals surface area (Å²) in [5.41, 5.74) is 0.811. The van der Waals surface area contributed by atoms with Crippen LogP contribution in [0.4, 0.5) is 0 Å². The number of carboxylic acid groups (broad SMARTS) is 1. The largest absolute Gasteiger partial charge is 0.481 e. The van der Waals surface area contributed by atoms with E-state index < -0.39 is 5.97 Å². The van der Waals surface area contributed by atoms with Gasteiger partial charge in [-0.05, 0) is 23.7 Å². The van der Waals surface area contributed by atoms with Gasteiger partial charge in [0.25, 0.3) is 5.89 Å². The zero-order valence-corrected chi connectivity index (χ0v) is 9.57. The monoisotopic (exact) mass is 248 g/mol. The second kappa shape index (κ2) is 5.81. The molecule has 0 aliphatic carbocycles. The molecule has 6 heteroatoms. The number of carboxylic acids is 1. The highest BCUT2D eigenvalue weighted by Crippen LogP contribution is 2.18. The predicted octanol–water partition coefficient (Wildman–Crippen LogP) is 1.98. The highest BCUT2D eigenvalue weighted by Gasteiger charge is 2.09. The summed E-state index contributed by atoms with van der Waals surface area (Å²) in [6.45, 7) is 0.250. The van der Waals surface area contributed by atoms with Crippen molar-refractivity contribution in [3.8, 4) is 17.5 Å². The molecular formula is C12H12N2O4. The molecule has 6 nitrogen and oxygen atoms in total. The first kappa shape index (κ1) is 12.1. The standard InChI is InChI=1S/C12H12N2O4/c15-10(16)7-4-8-17-12-13-11(18-14-12)9-5-2-1-3-6-9/h1-3,5-6H,4,7-8H2,(H,15,16). The lowest BCUT2D eigenvalue weighted by molar-refractivity contribution is -0.137. The van der Waals surface area contributed by atoms with Crippen molar-refractivity contribution in [1.29, 1.82) is 0 Å². The van der Waals surface area contributed by atoms with E-state index in [1.807, 2.05) is 30.3 Å². The third-order valence-corrected chi connectivity index (χ3v) is 2.19. The molecule has 2 aromatic rings. The van der Waals surface area contributed by atoms with Gasteiger partial charge in [-0.3, -0.25) is 4.79 Å². The van der Waals surface area contributed by atoms with Crippen LogP contribution >= 0.6 is 0 Å². The van der Waals surface area contributed by atoms with E-state index in [0.717, 1.165) is 5.56 Å². The van der Waals surface area contributed by atoms with Crippen molar-refractivity contribution in [2.45, 2.75) is 12.8 Å². The lowest BCUT2D eigenvalue weighted by Gasteiger charge is -1.97. The number of rotatable bonds is 6. The number of nitrogens with zero attached hydrogens (tertiary/aromatic N) is 2. The fourth-order valence-corrected chi connectivity index (χ4v) is 1.35. The molecule has 0 aliphatic heterocycles. The second-order valence-electron chi connectivity index (χ2n) is 3.59. The summed E-state index contributed by atoms with van der Waals surface area (Å²) >= 11 is 0. The molecule has 1 aromatic carbocycles. The molecule has 1 heterocycles. The van der Waals surface area contributed by atoms with E-state index >= 15 is 0 Å². The van der Waals surface area contributed by atoms with E-state index in [1.165, 1.54) is 0 Å². The fraction of sp³-hybridized carbons (Fsp3) is 0.250. The third-order valence-electron chi connectivity index (χ3n) is 2.19. The van der Waals surface area contributed by atoms with Crippen LogP contribution in [0.2, 0.25) is 0 Å². The number of hydrogen-bond acceptors (Lipinski definition) is 5. The molecule has 0 saturated carbocycles. The van der Waals surface area contributed by atoms with Crippen LogP contribution in [0.25, 0.3) is 11.5 Å². The minimum atomic E-state index is -0.850. The van der Waals surface area contributed by atoms with Crippen LogP contribution < -0.4 is 4.74 Å². The second-order valence-corrected chi connectivity index (χ2v) is 3.59. The molecule has 0 atom stereocenters. The van der Waals surface area contributed by atoms with Crippen molar-refractivity contribution in [2.24, 2.45) is 0 Å². The highest BCUT2D eigenvalue weighted by molar-refractivity contribution is 5.66. The Morgan fingerprint density at radius 3 is 2.83 bits per heavy atom. The maximum atomic E-state index is 10.3. The van der Waals surface area contributed by atoms with Crippen molar-refractivity contribution in [3.63, 3.8) is 0 Å². The number of benzene rings is 1. The molecular weight excluding hydrogens is 236 g/mol. The summed E-state index contributed by atoms with van der Waals surface area (Å²) in [5, 5.41) is 12.1. The van der Waals surface area contributed by atoms with Crippen molar-refractivity contribution in [2.75, 3.05) is 6.61 Å². The lowest BCUT2D eigenvalue weighted by Crippen LogP contribution is -2.02. The normalized spacial score (nSPS) is 10.2. The Hall–Kier alpha value is -2.37. The van der Waals surface area contributed by atoms with E-state index in [0.29, 0.717) is 12.3 Å². The number of carbonyl (C=O) groups is 1. The summed E-state index contributed by atoms with van der Waals surface area (Å²) in [5.74, 6) is -0.472. The van der Waals surface area contributed by atoms with Crippen LogP contribution in [0.15, 0.2) is 34.9 Å². The van der Waals surface area contributed by atoms with Crippen LogP contribution in [0, 0.1) is 0 Å². The highest BCUT2D eigenvalue weighted by atomic mass is 16.6. The summed E-state index contributed by atoms with van der Waals surface area (Å²) in [6, 6.07) is 9.45. The average Bonchev–Trinajstić information content (AvgIpc) is 2.84. The minimum Gasteiger partial charge on any atom is -0.481 e.